The molecule has 2 amide bonds. The second-order valence-electron chi connectivity index (χ2n) is 5.70. The van der Waals surface area contributed by atoms with E-state index in [9.17, 15) is 9.59 Å². The SMILES string of the molecule is CCc1cc(Br)ccc1N1C(=O)C2CCCN2C(=O)C1C. The van der Waals surface area contributed by atoms with E-state index in [1.807, 2.05) is 25.1 Å². The van der Waals surface area contributed by atoms with Crippen LogP contribution in [0, 0.1) is 0 Å². The van der Waals surface area contributed by atoms with Crippen molar-refractivity contribution in [1.82, 2.24) is 4.90 Å². The summed E-state index contributed by atoms with van der Waals surface area (Å²) in [4.78, 5) is 28.8. The zero-order valence-electron chi connectivity index (χ0n) is 12.3. The molecule has 0 N–H and O–H groups in total. The predicted molar refractivity (Wildman–Crippen MR) is 85.2 cm³/mol. The van der Waals surface area contributed by atoms with Gasteiger partial charge in [-0.2, -0.15) is 0 Å². The Labute approximate surface area is 133 Å². The van der Waals surface area contributed by atoms with Crippen LogP contribution < -0.4 is 4.90 Å². The van der Waals surface area contributed by atoms with Gasteiger partial charge in [0.05, 0.1) is 0 Å². The third kappa shape index (κ3) is 2.27. The zero-order chi connectivity index (χ0) is 15.1. The van der Waals surface area contributed by atoms with E-state index in [0.717, 1.165) is 35.0 Å². The van der Waals surface area contributed by atoms with Crippen LogP contribution >= 0.6 is 15.9 Å². The summed E-state index contributed by atoms with van der Waals surface area (Å²) in [6, 6.07) is 5.22. The highest BCUT2D eigenvalue weighted by molar-refractivity contribution is 9.10. The lowest BCUT2D eigenvalue weighted by atomic mass is 10.0. The monoisotopic (exact) mass is 350 g/mol. The Kier molecular flexibility index (Phi) is 3.78. The van der Waals surface area contributed by atoms with Crippen LogP contribution in [0.15, 0.2) is 22.7 Å². The maximum absolute atomic E-state index is 12.8. The van der Waals surface area contributed by atoms with Crippen LogP contribution in [0.5, 0.6) is 0 Å². The lowest BCUT2D eigenvalue weighted by molar-refractivity contribution is -0.143. The third-order valence-corrected chi connectivity index (χ3v) is 4.98. The highest BCUT2D eigenvalue weighted by Gasteiger charge is 2.46. The quantitative estimate of drug-likeness (QED) is 0.822. The van der Waals surface area contributed by atoms with Gasteiger partial charge in [0.2, 0.25) is 5.91 Å². The van der Waals surface area contributed by atoms with Crippen molar-refractivity contribution in [2.75, 3.05) is 11.4 Å². The lowest BCUT2D eigenvalue weighted by Gasteiger charge is -2.41. The number of carbonyl (C=O) groups is 2. The van der Waals surface area contributed by atoms with Gasteiger partial charge in [-0.15, -0.1) is 0 Å². The van der Waals surface area contributed by atoms with Crippen molar-refractivity contribution in [3.05, 3.63) is 28.2 Å². The standard InChI is InChI=1S/C16H19BrN2O2/c1-3-11-9-12(17)6-7-13(11)19-10(2)15(20)18-8-4-5-14(18)16(19)21/h6-7,9-10,14H,3-5,8H2,1-2H3. The van der Waals surface area contributed by atoms with Crippen molar-refractivity contribution in [1.29, 1.82) is 0 Å². The number of piperazine rings is 1. The van der Waals surface area contributed by atoms with Crippen LogP contribution in [0.4, 0.5) is 5.69 Å². The van der Waals surface area contributed by atoms with Gasteiger partial charge in [-0.1, -0.05) is 22.9 Å². The first kappa shape index (κ1) is 14.6. The number of nitrogens with zero attached hydrogens (tertiary/aromatic N) is 2. The topological polar surface area (TPSA) is 40.6 Å². The van der Waals surface area contributed by atoms with Crippen LogP contribution in [0.2, 0.25) is 0 Å². The van der Waals surface area contributed by atoms with Crippen molar-refractivity contribution in [3.8, 4) is 0 Å². The third-order valence-electron chi connectivity index (χ3n) is 4.49. The number of hydrogen-bond acceptors (Lipinski definition) is 2. The summed E-state index contributed by atoms with van der Waals surface area (Å²) < 4.78 is 0.994. The molecule has 1 aromatic carbocycles. The van der Waals surface area contributed by atoms with Gasteiger partial charge >= 0.3 is 0 Å². The van der Waals surface area contributed by atoms with Gasteiger partial charge in [0.15, 0.2) is 0 Å². The van der Waals surface area contributed by atoms with Crippen LogP contribution in [-0.4, -0.2) is 35.3 Å². The van der Waals surface area contributed by atoms with Gasteiger partial charge in [-0.25, -0.2) is 0 Å². The van der Waals surface area contributed by atoms with E-state index in [4.69, 9.17) is 0 Å². The van der Waals surface area contributed by atoms with Crippen molar-refractivity contribution < 1.29 is 9.59 Å². The summed E-state index contributed by atoms with van der Waals surface area (Å²) in [5, 5.41) is 0. The van der Waals surface area contributed by atoms with Gasteiger partial charge < -0.3 is 4.90 Å². The molecule has 4 nitrogen and oxygen atoms in total. The number of halogens is 1. The minimum absolute atomic E-state index is 0.0663. The van der Waals surface area contributed by atoms with E-state index >= 15 is 0 Å². The highest BCUT2D eigenvalue weighted by atomic mass is 79.9. The molecule has 2 saturated heterocycles. The minimum Gasteiger partial charge on any atom is -0.329 e. The number of amides is 2. The Balaban J connectivity index is 2.04. The number of fused-ring (bicyclic) bond motifs is 1. The lowest BCUT2D eigenvalue weighted by Crippen LogP contribution is -2.62. The summed E-state index contributed by atoms with van der Waals surface area (Å²) in [6.07, 6.45) is 2.53. The summed E-state index contributed by atoms with van der Waals surface area (Å²) in [5.74, 6) is 0.138. The van der Waals surface area contributed by atoms with Crippen molar-refractivity contribution in [2.24, 2.45) is 0 Å². The van der Waals surface area contributed by atoms with Gasteiger partial charge in [-0.3, -0.25) is 14.5 Å². The van der Waals surface area contributed by atoms with Crippen LogP contribution in [0.1, 0.15) is 32.3 Å². The molecule has 2 heterocycles. The van der Waals surface area contributed by atoms with Crippen molar-refractivity contribution in [3.63, 3.8) is 0 Å². The van der Waals surface area contributed by atoms with Crippen LogP contribution in [0.25, 0.3) is 0 Å². The molecule has 3 rings (SSSR count). The number of carbonyl (C=O) groups excluding carboxylic acids is 2. The Hall–Kier alpha value is -1.36. The normalized spacial score (nSPS) is 25.5. The van der Waals surface area contributed by atoms with Crippen LogP contribution in [-0.2, 0) is 16.0 Å². The molecule has 2 atom stereocenters. The molecule has 0 radical (unpaired) electrons. The molecule has 0 aromatic heterocycles. The first-order valence-electron chi connectivity index (χ1n) is 7.46. The molecule has 2 aliphatic rings. The van der Waals surface area contributed by atoms with Crippen molar-refractivity contribution in [2.45, 2.75) is 45.2 Å². The molecular formula is C16H19BrN2O2. The fourth-order valence-electron chi connectivity index (χ4n) is 3.39. The van der Waals surface area contributed by atoms with Gasteiger partial charge in [0.1, 0.15) is 12.1 Å². The number of anilines is 1. The fourth-order valence-corrected chi connectivity index (χ4v) is 3.80. The average molecular weight is 351 g/mol. The molecule has 0 bridgehead atoms. The predicted octanol–water partition coefficient (Wildman–Crippen LogP) is 2.74. The van der Waals surface area contributed by atoms with Gasteiger partial charge in [0.25, 0.3) is 5.91 Å². The molecule has 21 heavy (non-hydrogen) atoms. The first-order valence-corrected chi connectivity index (χ1v) is 8.26. The fraction of sp³-hybridized carbons (Fsp3) is 0.500. The molecule has 0 aliphatic carbocycles. The van der Waals surface area contributed by atoms with E-state index in [-0.39, 0.29) is 17.9 Å². The number of benzene rings is 1. The first-order chi connectivity index (χ1) is 10.0. The zero-order valence-corrected chi connectivity index (χ0v) is 13.9. The number of hydrogen-bond donors (Lipinski definition) is 0. The van der Waals surface area contributed by atoms with Crippen molar-refractivity contribution >= 4 is 33.4 Å². The van der Waals surface area contributed by atoms with Gasteiger partial charge in [0, 0.05) is 16.7 Å². The number of rotatable bonds is 2. The average Bonchev–Trinajstić information content (AvgIpc) is 2.96. The molecule has 2 aliphatic heterocycles. The Morgan fingerprint density at radius 3 is 2.76 bits per heavy atom. The molecular weight excluding hydrogens is 332 g/mol. The summed E-state index contributed by atoms with van der Waals surface area (Å²) in [6.45, 7) is 4.61. The summed E-state index contributed by atoms with van der Waals surface area (Å²) in [5.41, 5.74) is 1.96. The minimum atomic E-state index is -0.418. The summed E-state index contributed by atoms with van der Waals surface area (Å²) >= 11 is 3.47. The molecule has 1 aromatic rings. The molecule has 112 valence electrons. The molecule has 5 heteroatoms. The number of aryl methyl sites for hydroxylation is 1. The van der Waals surface area contributed by atoms with E-state index in [1.165, 1.54) is 0 Å². The Morgan fingerprint density at radius 2 is 2.05 bits per heavy atom. The van der Waals surface area contributed by atoms with E-state index in [2.05, 4.69) is 22.9 Å². The largest absolute Gasteiger partial charge is 0.329 e. The highest BCUT2D eigenvalue weighted by Crippen LogP contribution is 2.33. The van der Waals surface area contributed by atoms with E-state index < -0.39 is 6.04 Å². The molecule has 0 spiro atoms. The van der Waals surface area contributed by atoms with Crippen LogP contribution in [0.3, 0.4) is 0 Å². The molecule has 0 saturated carbocycles. The second kappa shape index (κ2) is 5.44. The maximum Gasteiger partial charge on any atom is 0.250 e. The Morgan fingerprint density at radius 1 is 1.29 bits per heavy atom. The Bertz CT molecular complexity index is 602. The molecule has 2 fully saturated rings. The smallest absolute Gasteiger partial charge is 0.250 e. The molecule has 2 unspecified atom stereocenters. The summed E-state index contributed by atoms with van der Waals surface area (Å²) in [7, 11) is 0. The second-order valence-corrected chi connectivity index (χ2v) is 6.62. The van der Waals surface area contributed by atoms with E-state index in [0.29, 0.717) is 6.54 Å². The van der Waals surface area contributed by atoms with Gasteiger partial charge in [-0.05, 0) is 49.9 Å². The van der Waals surface area contributed by atoms with E-state index in [1.54, 1.807) is 9.80 Å². The maximum atomic E-state index is 12.8.